The highest BCUT2D eigenvalue weighted by Crippen LogP contribution is 2.16. The molecule has 0 atom stereocenters. The van der Waals surface area contributed by atoms with Gasteiger partial charge in [0.05, 0.1) is 12.0 Å². The van der Waals surface area contributed by atoms with Crippen LogP contribution in [0.15, 0.2) is 24.3 Å². The Hall–Kier alpha value is -1.84. The van der Waals surface area contributed by atoms with Crippen LogP contribution in [0.3, 0.4) is 0 Å². The summed E-state index contributed by atoms with van der Waals surface area (Å²) in [7, 11) is 0. The smallest absolute Gasteiger partial charge is 0.335 e. The molecule has 0 saturated heterocycles. The average Bonchev–Trinajstić information content (AvgIpc) is 2.27. The zero-order valence-corrected chi connectivity index (χ0v) is 11.7. The topological polar surface area (TPSA) is 66.4 Å². The van der Waals surface area contributed by atoms with Crippen molar-refractivity contribution in [3.05, 3.63) is 35.4 Å². The van der Waals surface area contributed by atoms with Crippen molar-refractivity contribution in [3.63, 3.8) is 0 Å². The quantitative estimate of drug-likeness (QED) is 0.857. The molecule has 1 amide bonds. The van der Waals surface area contributed by atoms with E-state index in [9.17, 15) is 9.59 Å². The van der Waals surface area contributed by atoms with Gasteiger partial charge in [-0.3, -0.25) is 4.79 Å². The number of amides is 1. The second-order valence-electron chi connectivity index (χ2n) is 5.84. The van der Waals surface area contributed by atoms with Gasteiger partial charge in [0, 0.05) is 6.54 Å². The maximum absolute atomic E-state index is 11.7. The first kappa shape index (κ1) is 15.2. The van der Waals surface area contributed by atoms with Gasteiger partial charge < -0.3 is 10.4 Å². The molecule has 1 aromatic carbocycles. The van der Waals surface area contributed by atoms with Crippen LogP contribution in [0.4, 0.5) is 0 Å². The predicted octanol–water partition coefficient (Wildman–Crippen LogP) is 2.48. The number of rotatable bonds is 5. The van der Waals surface area contributed by atoms with Crippen molar-refractivity contribution in [1.29, 1.82) is 0 Å². The molecule has 19 heavy (non-hydrogen) atoms. The third-order valence-corrected chi connectivity index (χ3v) is 2.76. The van der Waals surface area contributed by atoms with Gasteiger partial charge in [-0.1, -0.05) is 32.9 Å². The Bertz CT molecular complexity index is 443. The molecule has 0 aliphatic heterocycles. The molecule has 0 radical (unpaired) electrons. The first-order chi connectivity index (χ1) is 8.78. The molecule has 0 aliphatic carbocycles. The predicted molar refractivity (Wildman–Crippen MR) is 74.2 cm³/mol. The number of carboxylic acid groups (broad SMARTS) is 1. The molecule has 0 aromatic heterocycles. The lowest BCUT2D eigenvalue weighted by Crippen LogP contribution is -2.28. The van der Waals surface area contributed by atoms with Gasteiger partial charge in [0.15, 0.2) is 0 Å². The summed E-state index contributed by atoms with van der Waals surface area (Å²) in [4.78, 5) is 22.4. The number of hydrogen-bond acceptors (Lipinski definition) is 2. The van der Waals surface area contributed by atoms with Crippen LogP contribution in [0.1, 0.15) is 43.1 Å². The monoisotopic (exact) mass is 263 g/mol. The summed E-state index contributed by atoms with van der Waals surface area (Å²) < 4.78 is 0. The van der Waals surface area contributed by atoms with Crippen LogP contribution in [-0.4, -0.2) is 23.5 Å². The van der Waals surface area contributed by atoms with E-state index in [1.165, 1.54) is 12.1 Å². The normalized spacial score (nSPS) is 11.1. The van der Waals surface area contributed by atoms with Gasteiger partial charge in [-0.15, -0.1) is 0 Å². The maximum atomic E-state index is 11.7. The van der Waals surface area contributed by atoms with E-state index in [1.807, 2.05) is 0 Å². The number of nitrogens with one attached hydrogen (secondary N) is 1. The van der Waals surface area contributed by atoms with Crippen molar-refractivity contribution in [3.8, 4) is 0 Å². The van der Waals surface area contributed by atoms with Crippen molar-refractivity contribution >= 4 is 11.9 Å². The zero-order chi connectivity index (χ0) is 14.5. The van der Waals surface area contributed by atoms with Gasteiger partial charge in [-0.05, 0) is 29.5 Å². The largest absolute Gasteiger partial charge is 0.478 e. The van der Waals surface area contributed by atoms with Crippen LogP contribution in [0.2, 0.25) is 0 Å². The first-order valence-electron chi connectivity index (χ1n) is 6.37. The fourth-order valence-corrected chi connectivity index (χ4v) is 1.59. The van der Waals surface area contributed by atoms with E-state index in [2.05, 4.69) is 26.1 Å². The minimum Gasteiger partial charge on any atom is -0.478 e. The Morgan fingerprint density at radius 2 is 1.74 bits per heavy atom. The summed E-state index contributed by atoms with van der Waals surface area (Å²) in [6.07, 6.45) is 1.21. The second-order valence-corrected chi connectivity index (χ2v) is 5.84. The Labute approximate surface area is 113 Å². The van der Waals surface area contributed by atoms with E-state index in [0.717, 1.165) is 12.0 Å². The van der Waals surface area contributed by atoms with Crippen molar-refractivity contribution in [2.24, 2.45) is 5.41 Å². The summed E-state index contributed by atoms with van der Waals surface area (Å²) in [6, 6.07) is 6.37. The summed E-state index contributed by atoms with van der Waals surface area (Å²) >= 11 is 0. The molecule has 4 heteroatoms. The zero-order valence-electron chi connectivity index (χ0n) is 11.7. The van der Waals surface area contributed by atoms with Crippen molar-refractivity contribution in [1.82, 2.24) is 5.32 Å². The van der Waals surface area contributed by atoms with Crippen LogP contribution in [0.25, 0.3) is 0 Å². The first-order valence-corrected chi connectivity index (χ1v) is 6.37. The maximum Gasteiger partial charge on any atom is 0.335 e. The summed E-state index contributed by atoms with van der Waals surface area (Å²) in [5, 5.41) is 11.6. The van der Waals surface area contributed by atoms with Gasteiger partial charge >= 0.3 is 5.97 Å². The van der Waals surface area contributed by atoms with Gasteiger partial charge in [0.1, 0.15) is 0 Å². The van der Waals surface area contributed by atoms with Crippen LogP contribution in [0, 0.1) is 5.41 Å². The molecule has 0 heterocycles. The molecule has 0 fully saturated rings. The van der Waals surface area contributed by atoms with E-state index in [0.29, 0.717) is 6.54 Å². The molecule has 0 aliphatic rings. The SMILES string of the molecule is CC(C)(C)CCNC(=O)Cc1ccc(C(=O)O)cc1. The Morgan fingerprint density at radius 1 is 1.16 bits per heavy atom. The number of benzene rings is 1. The molecule has 1 rings (SSSR count). The lowest BCUT2D eigenvalue weighted by atomic mass is 9.92. The summed E-state index contributed by atoms with van der Waals surface area (Å²) in [5.41, 5.74) is 1.26. The molecule has 0 unspecified atom stereocenters. The van der Waals surface area contributed by atoms with Crippen LogP contribution in [-0.2, 0) is 11.2 Å². The van der Waals surface area contributed by atoms with Crippen LogP contribution < -0.4 is 5.32 Å². The highest BCUT2D eigenvalue weighted by atomic mass is 16.4. The van der Waals surface area contributed by atoms with Gasteiger partial charge in [-0.2, -0.15) is 0 Å². The van der Waals surface area contributed by atoms with Crippen molar-refractivity contribution in [2.45, 2.75) is 33.6 Å². The third kappa shape index (κ3) is 6.04. The Balaban J connectivity index is 2.42. The van der Waals surface area contributed by atoms with E-state index in [1.54, 1.807) is 12.1 Å². The minimum absolute atomic E-state index is 0.0349. The van der Waals surface area contributed by atoms with E-state index in [4.69, 9.17) is 5.11 Å². The molecular weight excluding hydrogens is 242 g/mol. The van der Waals surface area contributed by atoms with E-state index in [-0.39, 0.29) is 23.3 Å². The van der Waals surface area contributed by atoms with Crippen LogP contribution in [0.5, 0.6) is 0 Å². The fraction of sp³-hybridized carbons (Fsp3) is 0.467. The number of carbonyl (C=O) groups is 2. The standard InChI is InChI=1S/C15H21NO3/c1-15(2,3)8-9-16-13(17)10-11-4-6-12(7-5-11)14(18)19/h4-7H,8-10H2,1-3H3,(H,16,17)(H,18,19). The number of carbonyl (C=O) groups excluding carboxylic acids is 1. The molecular formula is C15H21NO3. The molecule has 4 nitrogen and oxygen atoms in total. The summed E-state index contributed by atoms with van der Waals surface area (Å²) in [5.74, 6) is -0.992. The number of hydrogen-bond donors (Lipinski definition) is 2. The number of carboxylic acids is 1. The highest BCUT2D eigenvalue weighted by molar-refractivity contribution is 5.87. The fourth-order valence-electron chi connectivity index (χ4n) is 1.59. The molecule has 1 aromatic rings. The Kier molecular flexibility index (Phi) is 5.10. The average molecular weight is 263 g/mol. The lowest BCUT2D eigenvalue weighted by molar-refractivity contribution is -0.120. The van der Waals surface area contributed by atoms with Crippen molar-refractivity contribution < 1.29 is 14.7 Å². The van der Waals surface area contributed by atoms with E-state index >= 15 is 0 Å². The third-order valence-electron chi connectivity index (χ3n) is 2.76. The van der Waals surface area contributed by atoms with Crippen LogP contribution >= 0.6 is 0 Å². The second kappa shape index (κ2) is 6.36. The molecule has 104 valence electrons. The minimum atomic E-state index is -0.957. The van der Waals surface area contributed by atoms with Crippen molar-refractivity contribution in [2.75, 3.05) is 6.54 Å². The van der Waals surface area contributed by atoms with E-state index < -0.39 is 5.97 Å². The highest BCUT2D eigenvalue weighted by Gasteiger charge is 2.11. The number of aromatic carboxylic acids is 1. The van der Waals surface area contributed by atoms with Gasteiger partial charge in [0.25, 0.3) is 0 Å². The lowest BCUT2D eigenvalue weighted by Gasteiger charge is -2.18. The molecule has 0 bridgehead atoms. The molecule has 0 spiro atoms. The van der Waals surface area contributed by atoms with Gasteiger partial charge in [0.2, 0.25) is 5.91 Å². The molecule has 2 N–H and O–H groups in total. The molecule has 0 saturated carbocycles. The van der Waals surface area contributed by atoms with Gasteiger partial charge in [-0.25, -0.2) is 4.79 Å². The summed E-state index contributed by atoms with van der Waals surface area (Å²) in [6.45, 7) is 7.05. The Morgan fingerprint density at radius 3 is 2.21 bits per heavy atom.